The molecule has 0 radical (unpaired) electrons. The lowest BCUT2D eigenvalue weighted by Gasteiger charge is -2.31. The van der Waals surface area contributed by atoms with Gasteiger partial charge in [-0.25, -0.2) is 0 Å². The van der Waals surface area contributed by atoms with Gasteiger partial charge in [0.15, 0.2) is 0 Å². The summed E-state index contributed by atoms with van der Waals surface area (Å²) in [6, 6.07) is 11.5. The number of rotatable bonds is 3. The number of ether oxygens (including phenoxy) is 1. The summed E-state index contributed by atoms with van der Waals surface area (Å²) in [5.74, 6) is 0.458. The Kier molecular flexibility index (Phi) is 3.07. The molecule has 4 heteroatoms. The highest BCUT2D eigenvalue weighted by atomic mass is 16.5. The molecule has 108 valence electrons. The molecule has 0 saturated carbocycles. The molecule has 2 unspecified atom stereocenters. The number of hydrogen-bond acceptors (Lipinski definition) is 4. The Morgan fingerprint density at radius 2 is 2.15 bits per heavy atom. The fraction of sp³-hybridized carbons (Fsp3) is 0.625. The number of morpholine rings is 1. The SMILES string of the molecule is N[C@@H]1CN(CC23CNC(CO2)C3)C[C@H]1c1ccccc1. The number of nitrogens with one attached hydrogen (secondary N) is 1. The topological polar surface area (TPSA) is 50.5 Å². The van der Waals surface area contributed by atoms with Crippen molar-refractivity contribution < 1.29 is 4.74 Å². The molecule has 3 fully saturated rings. The number of nitrogens with two attached hydrogens (primary N) is 1. The maximum absolute atomic E-state index is 6.37. The van der Waals surface area contributed by atoms with Gasteiger partial charge in [0, 0.05) is 44.2 Å². The number of benzene rings is 1. The molecule has 3 heterocycles. The van der Waals surface area contributed by atoms with E-state index in [1.807, 2.05) is 0 Å². The number of fused-ring (bicyclic) bond motifs is 2. The van der Waals surface area contributed by atoms with Crippen LogP contribution in [0.5, 0.6) is 0 Å². The van der Waals surface area contributed by atoms with Crippen molar-refractivity contribution in [2.24, 2.45) is 5.73 Å². The molecule has 1 aromatic carbocycles. The maximum atomic E-state index is 6.37. The van der Waals surface area contributed by atoms with Gasteiger partial charge >= 0.3 is 0 Å². The molecule has 3 aliphatic rings. The fourth-order valence-corrected chi connectivity index (χ4v) is 4.10. The smallest absolute Gasteiger partial charge is 0.0948 e. The normalized spacial score (nSPS) is 40.5. The van der Waals surface area contributed by atoms with Crippen molar-refractivity contribution in [2.45, 2.75) is 30.0 Å². The standard InChI is InChI=1S/C16H23N3O/c17-15-8-19(7-14(15)12-4-2-1-3-5-12)11-16-6-13(9-20-16)18-10-16/h1-5,13-15,18H,6-11,17H2/t13?,14-,15+,16?/m0/s1. The van der Waals surface area contributed by atoms with Gasteiger partial charge in [-0.15, -0.1) is 0 Å². The highest BCUT2D eigenvalue weighted by Crippen LogP contribution is 2.34. The van der Waals surface area contributed by atoms with E-state index in [2.05, 4.69) is 40.5 Å². The molecule has 3 aliphatic heterocycles. The Bertz CT molecular complexity index is 470. The number of nitrogens with zero attached hydrogens (tertiary/aromatic N) is 1. The molecule has 4 atom stereocenters. The van der Waals surface area contributed by atoms with Crippen molar-refractivity contribution in [3.8, 4) is 0 Å². The minimum absolute atomic E-state index is 0.0516. The molecular weight excluding hydrogens is 250 g/mol. The van der Waals surface area contributed by atoms with Gasteiger partial charge in [-0.05, 0) is 12.0 Å². The lowest BCUT2D eigenvalue weighted by Crippen LogP contribution is -2.47. The molecule has 3 N–H and O–H groups in total. The van der Waals surface area contributed by atoms with Crippen molar-refractivity contribution in [2.75, 3.05) is 32.8 Å². The lowest BCUT2D eigenvalue weighted by atomic mass is 9.95. The largest absolute Gasteiger partial charge is 0.371 e. The van der Waals surface area contributed by atoms with Crippen LogP contribution >= 0.6 is 0 Å². The van der Waals surface area contributed by atoms with Gasteiger partial charge in [0.1, 0.15) is 0 Å². The van der Waals surface area contributed by atoms with Crippen molar-refractivity contribution >= 4 is 0 Å². The van der Waals surface area contributed by atoms with E-state index < -0.39 is 0 Å². The maximum Gasteiger partial charge on any atom is 0.0948 e. The van der Waals surface area contributed by atoms with Crippen molar-refractivity contribution in [3.63, 3.8) is 0 Å². The van der Waals surface area contributed by atoms with E-state index in [0.717, 1.165) is 39.2 Å². The Balaban J connectivity index is 1.44. The predicted octanol–water partition coefficient (Wildman–Crippen LogP) is 0.544. The van der Waals surface area contributed by atoms with Gasteiger partial charge in [0.2, 0.25) is 0 Å². The third kappa shape index (κ3) is 2.17. The summed E-state index contributed by atoms with van der Waals surface area (Å²) < 4.78 is 6.03. The second-order valence-corrected chi connectivity index (χ2v) is 6.65. The van der Waals surface area contributed by atoms with Crippen molar-refractivity contribution in [1.29, 1.82) is 0 Å². The van der Waals surface area contributed by atoms with Crippen LogP contribution in [0.15, 0.2) is 30.3 Å². The molecule has 2 bridgehead atoms. The molecule has 4 nitrogen and oxygen atoms in total. The van der Waals surface area contributed by atoms with Gasteiger partial charge in [0.05, 0.1) is 12.2 Å². The van der Waals surface area contributed by atoms with E-state index in [1.165, 1.54) is 5.56 Å². The number of likely N-dealkylation sites (tertiary alicyclic amines) is 1. The first-order chi connectivity index (χ1) is 9.74. The van der Waals surface area contributed by atoms with Crippen LogP contribution in [0, 0.1) is 0 Å². The van der Waals surface area contributed by atoms with E-state index in [4.69, 9.17) is 10.5 Å². The Hall–Kier alpha value is -0.940. The molecule has 1 aromatic rings. The van der Waals surface area contributed by atoms with Gasteiger partial charge in [-0.2, -0.15) is 0 Å². The summed E-state index contributed by atoms with van der Waals surface area (Å²) in [4.78, 5) is 2.50. The summed E-state index contributed by atoms with van der Waals surface area (Å²) in [5, 5.41) is 3.54. The summed E-state index contributed by atoms with van der Waals surface area (Å²) >= 11 is 0. The first-order valence-corrected chi connectivity index (χ1v) is 7.64. The van der Waals surface area contributed by atoms with E-state index in [9.17, 15) is 0 Å². The summed E-state index contributed by atoms with van der Waals surface area (Å²) in [6.07, 6.45) is 1.16. The van der Waals surface area contributed by atoms with E-state index in [0.29, 0.717) is 12.0 Å². The van der Waals surface area contributed by atoms with Gasteiger partial charge < -0.3 is 15.8 Å². The lowest BCUT2D eigenvalue weighted by molar-refractivity contribution is -0.0262. The van der Waals surface area contributed by atoms with Crippen LogP contribution in [-0.4, -0.2) is 55.4 Å². The molecule has 4 rings (SSSR count). The monoisotopic (exact) mass is 273 g/mol. The minimum atomic E-state index is 0.0516. The molecule has 0 spiro atoms. The molecule has 0 amide bonds. The van der Waals surface area contributed by atoms with Gasteiger partial charge in [-0.3, -0.25) is 4.90 Å². The first-order valence-electron chi connectivity index (χ1n) is 7.64. The van der Waals surface area contributed by atoms with Crippen LogP contribution in [0.1, 0.15) is 17.9 Å². The fourth-order valence-electron chi connectivity index (χ4n) is 4.10. The highest BCUT2D eigenvalue weighted by molar-refractivity contribution is 5.23. The Labute approximate surface area is 120 Å². The molecule has 0 aliphatic carbocycles. The quantitative estimate of drug-likeness (QED) is 0.844. The molecule has 0 aromatic heterocycles. The van der Waals surface area contributed by atoms with Crippen molar-refractivity contribution in [3.05, 3.63) is 35.9 Å². The molecule has 20 heavy (non-hydrogen) atoms. The second-order valence-electron chi connectivity index (χ2n) is 6.65. The van der Waals surface area contributed by atoms with Gasteiger partial charge in [-0.1, -0.05) is 30.3 Å². The van der Waals surface area contributed by atoms with Crippen LogP contribution in [0.4, 0.5) is 0 Å². The first kappa shape index (κ1) is 12.8. The third-order valence-corrected chi connectivity index (χ3v) is 5.10. The Morgan fingerprint density at radius 3 is 2.80 bits per heavy atom. The van der Waals surface area contributed by atoms with E-state index in [-0.39, 0.29) is 11.6 Å². The predicted molar refractivity (Wildman–Crippen MR) is 78.7 cm³/mol. The van der Waals surface area contributed by atoms with Crippen LogP contribution in [-0.2, 0) is 4.74 Å². The van der Waals surface area contributed by atoms with E-state index >= 15 is 0 Å². The Morgan fingerprint density at radius 1 is 1.30 bits per heavy atom. The number of hydrogen-bond donors (Lipinski definition) is 2. The zero-order valence-corrected chi connectivity index (χ0v) is 11.8. The average Bonchev–Trinajstić information content (AvgIpc) is 3.14. The highest BCUT2D eigenvalue weighted by Gasteiger charge is 2.48. The molecule has 3 saturated heterocycles. The van der Waals surface area contributed by atoms with E-state index in [1.54, 1.807) is 0 Å². The van der Waals surface area contributed by atoms with Crippen LogP contribution in [0.2, 0.25) is 0 Å². The summed E-state index contributed by atoms with van der Waals surface area (Å²) in [7, 11) is 0. The van der Waals surface area contributed by atoms with Gasteiger partial charge in [0.25, 0.3) is 0 Å². The van der Waals surface area contributed by atoms with Crippen LogP contribution in [0.3, 0.4) is 0 Å². The third-order valence-electron chi connectivity index (χ3n) is 5.10. The van der Waals surface area contributed by atoms with Crippen molar-refractivity contribution in [1.82, 2.24) is 10.2 Å². The zero-order chi connectivity index (χ0) is 13.6. The summed E-state index contributed by atoms with van der Waals surface area (Å²) in [5.41, 5.74) is 7.79. The molecular formula is C16H23N3O. The summed E-state index contributed by atoms with van der Waals surface area (Å²) in [6.45, 7) is 4.94. The second kappa shape index (κ2) is 4.81. The van der Waals surface area contributed by atoms with Crippen LogP contribution in [0.25, 0.3) is 0 Å². The minimum Gasteiger partial charge on any atom is -0.371 e. The zero-order valence-electron chi connectivity index (χ0n) is 11.8. The average molecular weight is 273 g/mol. The van der Waals surface area contributed by atoms with Crippen LogP contribution < -0.4 is 11.1 Å².